The van der Waals surface area contributed by atoms with Gasteiger partial charge in [0.2, 0.25) is 5.91 Å². The molecule has 1 heterocycles. The number of rotatable bonds is 6. The largest absolute Gasteiger partial charge is 0.350 e. The lowest BCUT2D eigenvalue weighted by Crippen LogP contribution is -2.24. The minimum Gasteiger partial charge on any atom is -0.350 e. The summed E-state index contributed by atoms with van der Waals surface area (Å²) in [7, 11) is 0. The molecule has 0 bridgehead atoms. The van der Waals surface area contributed by atoms with Crippen LogP contribution in [0, 0.1) is 0 Å². The SMILES string of the molecule is O=C(CSCc1cccc2ccccc12)NCc1cccs1. The Morgan fingerprint density at radius 2 is 1.91 bits per heavy atom. The van der Waals surface area contributed by atoms with Crippen molar-refractivity contribution >= 4 is 39.8 Å². The molecule has 3 rings (SSSR count). The van der Waals surface area contributed by atoms with E-state index in [1.54, 1.807) is 23.1 Å². The number of carbonyl (C=O) groups is 1. The van der Waals surface area contributed by atoms with E-state index >= 15 is 0 Å². The van der Waals surface area contributed by atoms with Crippen LogP contribution in [0.5, 0.6) is 0 Å². The van der Waals surface area contributed by atoms with Crippen LogP contribution in [0.1, 0.15) is 10.4 Å². The highest BCUT2D eigenvalue weighted by atomic mass is 32.2. The summed E-state index contributed by atoms with van der Waals surface area (Å²) in [5, 5.41) is 7.51. The van der Waals surface area contributed by atoms with Gasteiger partial charge >= 0.3 is 0 Å². The van der Waals surface area contributed by atoms with E-state index in [0.717, 1.165) is 5.75 Å². The van der Waals surface area contributed by atoms with Gasteiger partial charge in [0.1, 0.15) is 0 Å². The molecule has 0 atom stereocenters. The maximum absolute atomic E-state index is 11.9. The number of thioether (sulfide) groups is 1. The Hall–Kier alpha value is -1.78. The first kappa shape index (κ1) is 15.1. The number of carbonyl (C=O) groups excluding carboxylic acids is 1. The lowest BCUT2D eigenvalue weighted by molar-refractivity contribution is -0.118. The van der Waals surface area contributed by atoms with Gasteiger partial charge < -0.3 is 5.32 Å². The van der Waals surface area contributed by atoms with Gasteiger partial charge in [0.05, 0.1) is 12.3 Å². The van der Waals surface area contributed by atoms with Gasteiger partial charge in [0.25, 0.3) is 0 Å². The maximum atomic E-state index is 11.9. The van der Waals surface area contributed by atoms with Gasteiger partial charge in [0.15, 0.2) is 0 Å². The fourth-order valence-electron chi connectivity index (χ4n) is 2.32. The van der Waals surface area contributed by atoms with Crippen LogP contribution < -0.4 is 5.32 Å². The second-order valence-corrected chi connectivity index (χ2v) is 7.01. The molecule has 4 heteroatoms. The van der Waals surface area contributed by atoms with Crippen molar-refractivity contribution in [2.75, 3.05) is 5.75 Å². The Morgan fingerprint density at radius 1 is 1.05 bits per heavy atom. The van der Waals surface area contributed by atoms with Crippen molar-refractivity contribution in [1.82, 2.24) is 5.32 Å². The van der Waals surface area contributed by atoms with E-state index in [2.05, 4.69) is 47.8 Å². The second kappa shape index (κ2) is 7.47. The molecule has 2 aromatic carbocycles. The molecular formula is C18H17NOS2. The summed E-state index contributed by atoms with van der Waals surface area (Å²) in [6.45, 7) is 0.630. The fourth-order valence-corrected chi connectivity index (χ4v) is 3.83. The van der Waals surface area contributed by atoms with E-state index in [-0.39, 0.29) is 5.91 Å². The Morgan fingerprint density at radius 3 is 2.77 bits per heavy atom. The number of hydrogen-bond donors (Lipinski definition) is 1. The van der Waals surface area contributed by atoms with E-state index in [4.69, 9.17) is 0 Å². The monoisotopic (exact) mass is 327 g/mol. The lowest BCUT2D eigenvalue weighted by Gasteiger charge is -2.07. The maximum Gasteiger partial charge on any atom is 0.230 e. The summed E-state index contributed by atoms with van der Waals surface area (Å²) in [6, 6.07) is 18.8. The third-order valence-corrected chi connectivity index (χ3v) is 5.27. The first-order valence-corrected chi connectivity index (χ1v) is 9.20. The Bertz CT molecular complexity index is 747. The Kier molecular flexibility index (Phi) is 5.14. The van der Waals surface area contributed by atoms with E-state index in [1.807, 2.05) is 17.5 Å². The van der Waals surface area contributed by atoms with Gasteiger partial charge in [0, 0.05) is 10.6 Å². The molecule has 0 aliphatic carbocycles. The lowest BCUT2D eigenvalue weighted by atomic mass is 10.1. The zero-order valence-corrected chi connectivity index (χ0v) is 13.8. The van der Waals surface area contributed by atoms with Crippen molar-refractivity contribution in [3.8, 4) is 0 Å². The Balaban J connectivity index is 1.50. The third-order valence-electron chi connectivity index (χ3n) is 3.41. The van der Waals surface area contributed by atoms with Gasteiger partial charge in [-0.2, -0.15) is 0 Å². The highest BCUT2D eigenvalue weighted by molar-refractivity contribution is 7.99. The fraction of sp³-hybridized carbons (Fsp3) is 0.167. The average Bonchev–Trinajstić information content (AvgIpc) is 3.07. The van der Waals surface area contributed by atoms with Gasteiger partial charge in [-0.25, -0.2) is 0 Å². The van der Waals surface area contributed by atoms with Crippen LogP contribution in [0.4, 0.5) is 0 Å². The van der Waals surface area contributed by atoms with Gasteiger partial charge in [-0.1, -0.05) is 48.5 Å². The number of thiophene rings is 1. The highest BCUT2D eigenvalue weighted by Crippen LogP contribution is 2.22. The van der Waals surface area contributed by atoms with Crippen molar-refractivity contribution in [1.29, 1.82) is 0 Å². The van der Waals surface area contributed by atoms with Crippen LogP contribution in [0.2, 0.25) is 0 Å². The highest BCUT2D eigenvalue weighted by Gasteiger charge is 2.04. The summed E-state index contributed by atoms with van der Waals surface area (Å²) < 4.78 is 0. The second-order valence-electron chi connectivity index (χ2n) is 4.99. The van der Waals surface area contributed by atoms with Gasteiger partial charge in [-0.15, -0.1) is 23.1 Å². The molecule has 0 unspecified atom stereocenters. The first-order chi connectivity index (χ1) is 10.8. The predicted molar refractivity (Wildman–Crippen MR) is 96.3 cm³/mol. The van der Waals surface area contributed by atoms with Crippen LogP contribution >= 0.6 is 23.1 Å². The molecule has 0 fully saturated rings. The zero-order chi connectivity index (χ0) is 15.2. The smallest absolute Gasteiger partial charge is 0.230 e. The minimum atomic E-state index is 0.0960. The average molecular weight is 327 g/mol. The molecule has 1 aromatic heterocycles. The Labute approximate surface area is 138 Å². The molecule has 2 nitrogen and oxygen atoms in total. The van der Waals surface area contributed by atoms with E-state index < -0.39 is 0 Å². The summed E-state index contributed by atoms with van der Waals surface area (Å²) in [6.07, 6.45) is 0. The van der Waals surface area contributed by atoms with E-state index in [0.29, 0.717) is 12.3 Å². The predicted octanol–water partition coefficient (Wildman–Crippen LogP) is 4.45. The third kappa shape index (κ3) is 3.90. The summed E-state index contributed by atoms with van der Waals surface area (Å²) >= 11 is 3.32. The van der Waals surface area contributed by atoms with Crippen LogP contribution in [-0.2, 0) is 17.1 Å². The number of fused-ring (bicyclic) bond motifs is 1. The molecule has 22 heavy (non-hydrogen) atoms. The van der Waals surface area contributed by atoms with Crippen LogP contribution in [0.25, 0.3) is 10.8 Å². The van der Waals surface area contributed by atoms with Crippen LogP contribution in [-0.4, -0.2) is 11.7 Å². The molecular weight excluding hydrogens is 310 g/mol. The minimum absolute atomic E-state index is 0.0960. The number of benzene rings is 2. The van der Waals surface area contributed by atoms with E-state index in [1.165, 1.54) is 21.2 Å². The van der Waals surface area contributed by atoms with Crippen LogP contribution in [0.3, 0.4) is 0 Å². The first-order valence-electron chi connectivity index (χ1n) is 7.16. The van der Waals surface area contributed by atoms with Crippen molar-refractivity contribution in [2.24, 2.45) is 0 Å². The van der Waals surface area contributed by atoms with Crippen LogP contribution in [0.15, 0.2) is 60.0 Å². The number of hydrogen-bond acceptors (Lipinski definition) is 3. The molecule has 3 aromatic rings. The molecule has 0 saturated carbocycles. The topological polar surface area (TPSA) is 29.1 Å². The van der Waals surface area contributed by atoms with Gasteiger partial charge in [-0.05, 0) is 27.8 Å². The molecule has 0 aliphatic rings. The van der Waals surface area contributed by atoms with Crippen molar-refractivity contribution in [3.63, 3.8) is 0 Å². The molecule has 1 amide bonds. The number of amides is 1. The van der Waals surface area contributed by atoms with Gasteiger partial charge in [-0.3, -0.25) is 4.79 Å². The normalized spacial score (nSPS) is 10.7. The molecule has 112 valence electrons. The molecule has 1 N–H and O–H groups in total. The van der Waals surface area contributed by atoms with Crippen molar-refractivity contribution in [3.05, 3.63) is 70.4 Å². The molecule has 0 radical (unpaired) electrons. The number of nitrogens with one attached hydrogen (secondary N) is 1. The van der Waals surface area contributed by atoms with E-state index in [9.17, 15) is 4.79 Å². The van der Waals surface area contributed by atoms with Crippen molar-refractivity contribution in [2.45, 2.75) is 12.3 Å². The molecule has 0 spiro atoms. The standard InChI is InChI=1S/C18H17NOS2/c20-18(19-11-16-8-4-10-22-16)13-21-12-15-7-3-6-14-5-1-2-9-17(14)15/h1-10H,11-13H2,(H,19,20). The molecule has 0 aliphatic heterocycles. The quantitative estimate of drug-likeness (QED) is 0.724. The molecule has 0 saturated heterocycles. The van der Waals surface area contributed by atoms with Crippen molar-refractivity contribution < 1.29 is 4.79 Å². The summed E-state index contributed by atoms with van der Waals surface area (Å²) in [4.78, 5) is 13.1. The summed E-state index contributed by atoms with van der Waals surface area (Å²) in [5.74, 6) is 1.45. The summed E-state index contributed by atoms with van der Waals surface area (Å²) in [5.41, 5.74) is 1.29. The zero-order valence-electron chi connectivity index (χ0n) is 12.1.